The molecule has 1 heterocycles. The SMILES string of the molecule is Cc1ccc(F)c(-n2nnnc2-c2c(C)cccc2N)c1. The van der Waals surface area contributed by atoms with E-state index >= 15 is 0 Å². The number of nitrogen functional groups attached to an aromatic ring is 1. The van der Waals surface area contributed by atoms with Crippen molar-refractivity contribution in [1.29, 1.82) is 0 Å². The lowest BCUT2D eigenvalue weighted by Gasteiger charge is -2.10. The fourth-order valence-corrected chi connectivity index (χ4v) is 2.29. The van der Waals surface area contributed by atoms with Crippen LogP contribution in [0.4, 0.5) is 10.1 Å². The molecule has 0 aliphatic carbocycles. The first-order valence-electron chi connectivity index (χ1n) is 6.48. The highest BCUT2D eigenvalue weighted by Crippen LogP contribution is 2.29. The van der Waals surface area contributed by atoms with E-state index in [-0.39, 0.29) is 5.82 Å². The van der Waals surface area contributed by atoms with Crippen molar-refractivity contribution >= 4 is 5.69 Å². The zero-order chi connectivity index (χ0) is 15.0. The molecule has 3 rings (SSSR count). The maximum atomic E-state index is 14.1. The minimum absolute atomic E-state index is 0.303. The van der Waals surface area contributed by atoms with Gasteiger partial charge in [-0.05, 0) is 53.6 Å². The van der Waals surface area contributed by atoms with Gasteiger partial charge in [-0.1, -0.05) is 18.2 Å². The highest BCUT2D eigenvalue weighted by atomic mass is 19.1. The van der Waals surface area contributed by atoms with Crippen LogP contribution in [0.5, 0.6) is 0 Å². The summed E-state index contributed by atoms with van der Waals surface area (Å²) in [5.41, 5.74) is 9.45. The predicted octanol–water partition coefficient (Wildman–Crippen LogP) is 2.67. The zero-order valence-corrected chi connectivity index (χ0v) is 11.7. The first-order valence-corrected chi connectivity index (χ1v) is 6.48. The largest absolute Gasteiger partial charge is 0.398 e. The second-order valence-corrected chi connectivity index (χ2v) is 4.91. The summed E-state index contributed by atoms with van der Waals surface area (Å²) in [4.78, 5) is 0. The number of benzene rings is 2. The van der Waals surface area contributed by atoms with Crippen LogP contribution in [-0.2, 0) is 0 Å². The van der Waals surface area contributed by atoms with Crippen molar-refractivity contribution < 1.29 is 4.39 Å². The van der Waals surface area contributed by atoms with E-state index in [4.69, 9.17) is 5.73 Å². The van der Waals surface area contributed by atoms with Crippen LogP contribution in [0.2, 0.25) is 0 Å². The van der Waals surface area contributed by atoms with E-state index < -0.39 is 0 Å². The van der Waals surface area contributed by atoms with Crippen LogP contribution in [0.15, 0.2) is 36.4 Å². The Hall–Kier alpha value is -2.76. The zero-order valence-electron chi connectivity index (χ0n) is 11.7. The van der Waals surface area contributed by atoms with Gasteiger partial charge >= 0.3 is 0 Å². The molecule has 3 aromatic rings. The average molecular weight is 283 g/mol. The van der Waals surface area contributed by atoms with Gasteiger partial charge in [0.2, 0.25) is 0 Å². The van der Waals surface area contributed by atoms with Gasteiger partial charge in [0.1, 0.15) is 11.5 Å². The van der Waals surface area contributed by atoms with Gasteiger partial charge in [-0.25, -0.2) is 4.39 Å². The molecule has 2 aromatic carbocycles. The summed E-state index contributed by atoms with van der Waals surface area (Å²) in [6.45, 7) is 3.80. The first-order chi connectivity index (χ1) is 10.1. The van der Waals surface area contributed by atoms with E-state index in [1.54, 1.807) is 18.2 Å². The Bertz CT molecular complexity index is 789. The minimum Gasteiger partial charge on any atom is -0.398 e. The Morgan fingerprint density at radius 3 is 2.71 bits per heavy atom. The number of nitrogens with two attached hydrogens (primary N) is 1. The summed E-state index contributed by atoms with van der Waals surface area (Å²) in [5, 5.41) is 11.6. The number of hydrogen-bond donors (Lipinski definition) is 1. The molecule has 0 saturated heterocycles. The lowest BCUT2D eigenvalue weighted by atomic mass is 10.1. The molecule has 0 aliphatic heterocycles. The molecule has 0 aliphatic rings. The van der Waals surface area contributed by atoms with E-state index in [2.05, 4.69) is 15.5 Å². The number of anilines is 1. The number of halogens is 1. The number of tetrazole rings is 1. The molecule has 0 saturated carbocycles. The topological polar surface area (TPSA) is 69.6 Å². The summed E-state index contributed by atoms with van der Waals surface area (Å²) in [7, 11) is 0. The van der Waals surface area contributed by atoms with Crippen molar-refractivity contribution in [1.82, 2.24) is 20.2 Å². The van der Waals surface area contributed by atoms with E-state index in [1.807, 2.05) is 26.0 Å². The summed E-state index contributed by atoms with van der Waals surface area (Å²) in [5.74, 6) is 0.0383. The van der Waals surface area contributed by atoms with Gasteiger partial charge < -0.3 is 5.73 Å². The molecule has 2 N–H and O–H groups in total. The van der Waals surface area contributed by atoms with Crippen molar-refractivity contribution in [3.8, 4) is 17.1 Å². The molecule has 5 nitrogen and oxygen atoms in total. The van der Waals surface area contributed by atoms with Crippen molar-refractivity contribution in [2.24, 2.45) is 0 Å². The van der Waals surface area contributed by atoms with Gasteiger partial charge in [0.25, 0.3) is 0 Å². The molecule has 0 amide bonds. The van der Waals surface area contributed by atoms with Crippen LogP contribution in [0.3, 0.4) is 0 Å². The monoisotopic (exact) mass is 283 g/mol. The molecule has 21 heavy (non-hydrogen) atoms. The Kier molecular flexibility index (Phi) is 3.13. The highest BCUT2D eigenvalue weighted by molar-refractivity contribution is 5.75. The van der Waals surface area contributed by atoms with Crippen LogP contribution in [-0.4, -0.2) is 20.2 Å². The molecule has 0 fully saturated rings. The van der Waals surface area contributed by atoms with Gasteiger partial charge in [0.05, 0.1) is 0 Å². The summed E-state index contributed by atoms with van der Waals surface area (Å²) in [6, 6.07) is 10.3. The van der Waals surface area contributed by atoms with Gasteiger partial charge in [0.15, 0.2) is 5.82 Å². The molecule has 106 valence electrons. The highest BCUT2D eigenvalue weighted by Gasteiger charge is 2.17. The predicted molar refractivity (Wildman–Crippen MR) is 78.4 cm³/mol. The van der Waals surface area contributed by atoms with E-state index in [1.165, 1.54) is 10.7 Å². The van der Waals surface area contributed by atoms with E-state index in [0.29, 0.717) is 22.8 Å². The average Bonchev–Trinajstić information content (AvgIpc) is 2.90. The number of hydrogen-bond acceptors (Lipinski definition) is 4. The molecule has 1 aromatic heterocycles. The Morgan fingerprint density at radius 2 is 1.95 bits per heavy atom. The van der Waals surface area contributed by atoms with Crippen LogP contribution in [0, 0.1) is 19.7 Å². The number of nitrogens with zero attached hydrogens (tertiary/aromatic N) is 4. The van der Waals surface area contributed by atoms with Crippen molar-refractivity contribution in [2.45, 2.75) is 13.8 Å². The Balaban J connectivity index is 2.25. The quantitative estimate of drug-likeness (QED) is 0.734. The van der Waals surface area contributed by atoms with Crippen LogP contribution < -0.4 is 5.73 Å². The summed E-state index contributed by atoms with van der Waals surface area (Å²) in [6.07, 6.45) is 0. The van der Waals surface area contributed by atoms with Crippen molar-refractivity contribution in [3.63, 3.8) is 0 Å². The van der Waals surface area contributed by atoms with Crippen molar-refractivity contribution in [3.05, 3.63) is 53.3 Å². The third-order valence-electron chi connectivity index (χ3n) is 3.33. The molecular weight excluding hydrogens is 269 g/mol. The van der Waals surface area contributed by atoms with Crippen LogP contribution in [0.25, 0.3) is 17.1 Å². The third-order valence-corrected chi connectivity index (χ3v) is 3.33. The molecular formula is C15H14FN5. The van der Waals surface area contributed by atoms with Gasteiger partial charge in [0, 0.05) is 11.3 Å². The summed E-state index contributed by atoms with van der Waals surface area (Å²) < 4.78 is 15.5. The van der Waals surface area contributed by atoms with E-state index in [9.17, 15) is 4.39 Å². The smallest absolute Gasteiger partial charge is 0.189 e. The van der Waals surface area contributed by atoms with Crippen molar-refractivity contribution in [2.75, 3.05) is 5.73 Å². The van der Waals surface area contributed by atoms with E-state index in [0.717, 1.165) is 11.1 Å². The maximum Gasteiger partial charge on any atom is 0.189 e. The standard InChI is InChI=1S/C15H14FN5/c1-9-6-7-11(16)13(8-9)21-15(18-19-20-21)14-10(2)4-3-5-12(14)17/h3-8H,17H2,1-2H3. The Labute approximate surface area is 121 Å². The number of rotatable bonds is 2. The van der Waals surface area contributed by atoms with Crippen LogP contribution in [0.1, 0.15) is 11.1 Å². The second kappa shape index (κ2) is 4.97. The lowest BCUT2D eigenvalue weighted by Crippen LogP contribution is -2.05. The second-order valence-electron chi connectivity index (χ2n) is 4.91. The minimum atomic E-state index is -0.388. The number of aromatic nitrogens is 4. The fraction of sp³-hybridized carbons (Fsp3) is 0.133. The molecule has 0 radical (unpaired) electrons. The van der Waals surface area contributed by atoms with Gasteiger partial charge in [-0.3, -0.25) is 0 Å². The lowest BCUT2D eigenvalue weighted by molar-refractivity contribution is 0.607. The Morgan fingerprint density at radius 1 is 1.14 bits per heavy atom. The molecule has 0 atom stereocenters. The normalized spacial score (nSPS) is 10.8. The van der Waals surface area contributed by atoms with Gasteiger partial charge in [-0.15, -0.1) is 5.10 Å². The van der Waals surface area contributed by atoms with Crippen LogP contribution >= 0.6 is 0 Å². The number of aryl methyl sites for hydroxylation is 2. The maximum absolute atomic E-state index is 14.1. The van der Waals surface area contributed by atoms with Gasteiger partial charge in [-0.2, -0.15) is 4.68 Å². The molecule has 0 unspecified atom stereocenters. The first kappa shape index (κ1) is 13.2. The molecule has 0 bridgehead atoms. The molecule has 0 spiro atoms. The summed E-state index contributed by atoms with van der Waals surface area (Å²) >= 11 is 0. The third kappa shape index (κ3) is 2.24. The molecule has 6 heteroatoms. The fourth-order valence-electron chi connectivity index (χ4n) is 2.29.